The molecule has 8 heteroatoms. The molecule has 1 amide bonds. The predicted octanol–water partition coefficient (Wildman–Crippen LogP) is 3.61. The second kappa shape index (κ2) is 9.51. The molecular weight excluding hydrogens is 360 g/mol. The Labute approximate surface area is 154 Å². The van der Waals surface area contributed by atoms with Gasteiger partial charge in [-0.1, -0.05) is 0 Å². The van der Waals surface area contributed by atoms with Crippen LogP contribution in [0.3, 0.4) is 0 Å². The first-order valence-corrected chi connectivity index (χ1v) is 8.22. The van der Waals surface area contributed by atoms with Gasteiger partial charge in [0.2, 0.25) is 0 Å². The molecule has 6 nitrogen and oxygen atoms in total. The molecule has 2 rings (SSSR count). The molecule has 144 valence electrons. The lowest BCUT2D eigenvalue weighted by Crippen LogP contribution is -2.30. The van der Waals surface area contributed by atoms with Crippen LogP contribution >= 0.6 is 0 Å². The topological polar surface area (TPSA) is 84.9 Å². The Kier molecular flexibility index (Phi) is 7.10. The van der Waals surface area contributed by atoms with Gasteiger partial charge in [0.15, 0.2) is 17.7 Å². The molecule has 2 aromatic rings. The number of carbonyl (C=O) groups excluding carboxylic acids is 1. The van der Waals surface area contributed by atoms with Crippen molar-refractivity contribution in [3.05, 3.63) is 54.1 Å². The summed E-state index contributed by atoms with van der Waals surface area (Å²) in [4.78, 5) is 22.6. The zero-order valence-electron chi connectivity index (χ0n) is 14.6. The largest absolute Gasteiger partial charge is 0.494 e. The summed E-state index contributed by atoms with van der Waals surface area (Å²) in [6, 6.07) is 9.54. The number of nitrogens with one attached hydrogen (secondary N) is 1. The minimum Gasteiger partial charge on any atom is -0.494 e. The van der Waals surface area contributed by atoms with E-state index in [0.717, 1.165) is 12.1 Å². The maximum Gasteiger partial charge on any atom is 0.303 e. The number of carboxylic acid groups (broad SMARTS) is 1. The number of halogens is 2. The van der Waals surface area contributed by atoms with Crippen molar-refractivity contribution in [1.29, 1.82) is 0 Å². The van der Waals surface area contributed by atoms with Crippen molar-refractivity contribution in [3.8, 4) is 11.5 Å². The molecule has 27 heavy (non-hydrogen) atoms. The van der Waals surface area contributed by atoms with Gasteiger partial charge in [-0.05, 0) is 49.7 Å². The van der Waals surface area contributed by atoms with Crippen LogP contribution < -0.4 is 14.8 Å². The average molecular weight is 379 g/mol. The summed E-state index contributed by atoms with van der Waals surface area (Å²) in [6.45, 7) is 1.76. The van der Waals surface area contributed by atoms with Crippen LogP contribution in [0.15, 0.2) is 42.5 Å². The number of hydrogen-bond donors (Lipinski definition) is 2. The molecule has 0 saturated carbocycles. The van der Waals surface area contributed by atoms with E-state index >= 15 is 0 Å². The van der Waals surface area contributed by atoms with Gasteiger partial charge in [0.25, 0.3) is 5.91 Å². The van der Waals surface area contributed by atoms with Gasteiger partial charge < -0.3 is 19.9 Å². The summed E-state index contributed by atoms with van der Waals surface area (Å²) in [6.07, 6.45) is -0.502. The van der Waals surface area contributed by atoms with Crippen LogP contribution in [0.5, 0.6) is 11.5 Å². The molecule has 1 unspecified atom stereocenters. The number of hydrogen-bond acceptors (Lipinski definition) is 4. The summed E-state index contributed by atoms with van der Waals surface area (Å²) in [5.74, 6) is -2.80. The number of anilines is 1. The van der Waals surface area contributed by atoms with E-state index in [-0.39, 0.29) is 18.8 Å². The van der Waals surface area contributed by atoms with Crippen molar-refractivity contribution in [3.63, 3.8) is 0 Å². The molecule has 0 aromatic heterocycles. The molecule has 0 spiro atoms. The van der Waals surface area contributed by atoms with E-state index in [2.05, 4.69) is 5.32 Å². The van der Waals surface area contributed by atoms with Gasteiger partial charge in [-0.3, -0.25) is 9.59 Å². The van der Waals surface area contributed by atoms with Crippen LogP contribution in [0, 0.1) is 11.6 Å². The highest BCUT2D eigenvalue weighted by molar-refractivity contribution is 5.94. The second-order valence-electron chi connectivity index (χ2n) is 5.70. The Bertz CT molecular complexity index is 795. The molecule has 2 N–H and O–H groups in total. The summed E-state index contributed by atoms with van der Waals surface area (Å²) in [5.41, 5.74) is 0.499. The highest BCUT2D eigenvalue weighted by Crippen LogP contribution is 2.19. The van der Waals surface area contributed by atoms with Crippen molar-refractivity contribution >= 4 is 17.6 Å². The van der Waals surface area contributed by atoms with Crippen LogP contribution in [0.2, 0.25) is 0 Å². The molecule has 1 atom stereocenters. The van der Waals surface area contributed by atoms with Crippen LogP contribution in [-0.4, -0.2) is 29.7 Å². The van der Waals surface area contributed by atoms with Crippen LogP contribution in [-0.2, 0) is 9.59 Å². The number of carboxylic acids is 1. The number of benzene rings is 2. The van der Waals surface area contributed by atoms with Gasteiger partial charge in [0.05, 0.1) is 6.61 Å². The van der Waals surface area contributed by atoms with Crippen molar-refractivity contribution in [2.75, 3.05) is 11.9 Å². The third-order valence-electron chi connectivity index (χ3n) is 3.50. The molecule has 0 saturated heterocycles. The Morgan fingerprint density at radius 1 is 1.07 bits per heavy atom. The fraction of sp³-hybridized carbons (Fsp3) is 0.263. The summed E-state index contributed by atoms with van der Waals surface area (Å²) < 4.78 is 36.8. The molecule has 0 aliphatic heterocycles. The van der Waals surface area contributed by atoms with E-state index in [1.165, 1.54) is 13.0 Å². The van der Waals surface area contributed by atoms with E-state index in [9.17, 15) is 18.4 Å². The maximum atomic E-state index is 13.2. The summed E-state index contributed by atoms with van der Waals surface area (Å²) >= 11 is 0. The highest BCUT2D eigenvalue weighted by atomic mass is 19.2. The van der Waals surface area contributed by atoms with Crippen molar-refractivity contribution < 1.29 is 33.0 Å². The molecule has 0 aliphatic carbocycles. The zero-order valence-corrected chi connectivity index (χ0v) is 14.6. The van der Waals surface area contributed by atoms with Crippen LogP contribution in [0.1, 0.15) is 19.8 Å². The smallest absolute Gasteiger partial charge is 0.303 e. The van der Waals surface area contributed by atoms with E-state index in [1.54, 1.807) is 24.3 Å². The van der Waals surface area contributed by atoms with Gasteiger partial charge in [0, 0.05) is 18.2 Å². The average Bonchev–Trinajstić information content (AvgIpc) is 2.63. The molecule has 0 aliphatic rings. The van der Waals surface area contributed by atoms with Crippen molar-refractivity contribution in [2.45, 2.75) is 25.9 Å². The first-order chi connectivity index (χ1) is 12.8. The van der Waals surface area contributed by atoms with Crippen molar-refractivity contribution in [1.82, 2.24) is 0 Å². The quantitative estimate of drug-likeness (QED) is 0.650. The van der Waals surface area contributed by atoms with Crippen molar-refractivity contribution in [2.24, 2.45) is 0 Å². The van der Waals surface area contributed by atoms with E-state index in [1.807, 2.05) is 0 Å². The van der Waals surface area contributed by atoms with Gasteiger partial charge in [0.1, 0.15) is 11.5 Å². The Balaban J connectivity index is 1.83. The molecule has 2 aromatic carbocycles. The molecular formula is C19H19F2NO5. The minimum atomic E-state index is -1.06. The van der Waals surface area contributed by atoms with Crippen LogP contribution in [0.25, 0.3) is 0 Å². The molecule has 0 radical (unpaired) electrons. The number of amides is 1. The number of ether oxygens (including phenoxy) is 2. The predicted molar refractivity (Wildman–Crippen MR) is 93.9 cm³/mol. The van der Waals surface area contributed by atoms with Gasteiger partial charge >= 0.3 is 5.97 Å². The third kappa shape index (κ3) is 6.58. The normalized spacial score (nSPS) is 11.5. The zero-order chi connectivity index (χ0) is 19.8. The van der Waals surface area contributed by atoms with Gasteiger partial charge in [-0.25, -0.2) is 8.78 Å². The molecule has 0 bridgehead atoms. The second-order valence-corrected chi connectivity index (χ2v) is 5.70. The minimum absolute atomic E-state index is 0.0317. The lowest BCUT2D eigenvalue weighted by atomic mass is 10.2. The summed E-state index contributed by atoms with van der Waals surface area (Å²) in [5, 5.41) is 11.2. The first kappa shape index (κ1) is 20.2. The van der Waals surface area contributed by atoms with E-state index in [0.29, 0.717) is 17.9 Å². The Hall–Kier alpha value is -3.16. The first-order valence-electron chi connectivity index (χ1n) is 8.22. The van der Waals surface area contributed by atoms with E-state index < -0.39 is 29.6 Å². The summed E-state index contributed by atoms with van der Waals surface area (Å²) in [7, 11) is 0. The van der Waals surface area contributed by atoms with Crippen LogP contribution in [0.4, 0.5) is 14.5 Å². The van der Waals surface area contributed by atoms with Gasteiger partial charge in [-0.2, -0.15) is 0 Å². The molecule has 0 fully saturated rings. The third-order valence-corrected chi connectivity index (χ3v) is 3.50. The SMILES string of the molecule is CC(Oc1ccc(F)c(F)c1)C(=O)Nc1ccc(OCCCC(=O)O)cc1. The number of carbonyl (C=O) groups is 2. The Morgan fingerprint density at radius 3 is 2.37 bits per heavy atom. The number of aliphatic carboxylic acids is 1. The lowest BCUT2D eigenvalue weighted by Gasteiger charge is -2.15. The fourth-order valence-corrected chi connectivity index (χ4v) is 2.10. The van der Waals surface area contributed by atoms with Gasteiger partial charge in [-0.15, -0.1) is 0 Å². The standard InChI is InChI=1S/C19H19F2NO5/c1-12(27-15-8-9-16(20)17(21)11-15)19(25)22-13-4-6-14(7-5-13)26-10-2-3-18(23)24/h4-9,11-12H,2-3,10H2,1H3,(H,22,25)(H,23,24). The highest BCUT2D eigenvalue weighted by Gasteiger charge is 2.16. The molecule has 0 heterocycles. The van der Waals surface area contributed by atoms with E-state index in [4.69, 9.17) is 14.6 Å². The lowest BCUT2D eigenvalue weighted by molar-refractivity contribution is -0.137. The monoisotopic (exact) mass is 379 g/mol. The fourth-order valence-electron chi connectivity index (χ4n) is 2.10. The number of rotatable bonds is 9. The Morgan fingerprint density at radius 2 is 1.74 bits per heavy atom. The maximum absolute atomic E-state index is 13.2.